The largest absolute Gasteiger partial charge is 0.493 e. The molecule has 1 aliphatic heterocycles. The first-order chi connectivity index (χ1) is 14.0. The number of imidazole rings is 1. The van der Waals surface area contributed by atoms with Crippen LogP contribution in [0.1, 0.15) is 30.5 Å². The molecule has 1 N–H and O–H groups in total. The molecule has 0 saturated heterocycles. The Balaban J connectivity index is 1.68. The molecule has 4 rings (SSSR count). The Morgan fingerprint density at radius 3 is 2.55 bits per heavy atom. The number of ether oxygens (including phenoxy) is 2. The fourth-order valence-corrected chi connectivity index (χ4v) is 3.78. The summed E-state index contributed by atoms with van der Waals surface area (Å²) in [6.07, 6.45) is 3.69. The Morgan fingerprint density at radius 2 is 1.83 bits per heavy atom. The van der Waals surface area contributed by atoms with Crippen LogP contribution < -0.4 is 14.8 Å². The van der Waals surface area contributed by atoms with Gasteiger partial charge in [-0.05, 0) is 55.2 Å². The van der Waals surface area contributed by atoms with Crippen molar-refractivity contribution in [2.75, 3.05) is 19.5 Å². The van der Waals surface area contributed by atoms with Crippen LogP contribution in [0.5, 0.6) is 11.5 Å². The molecule has 0 saturated carbocycles. The topological polar surface area (TPSA) is 48.3 Å². The summed E-state index contributed by atoms with van der Waals surface area (Å²) in [5, 5.41) is 3.33. The van der Waals surface area contributed by atoms with Crippen LogP contribution in [0.3, 0.4) is 0 Å². The number of anilines is 1. The summed E-state index contributed by atoms with van der Waals surface area (Å²) in [4.78, 5) is 4.55. The third kappa shape index (κ3) is 3.52. The summed E-state index contributed by atoms with van der Waals surface area (Å²) in [5.41, 5.74) is 3.88. The molecule has 0 bridgehead atoms. The minimum atomic E-state index is -0.854. The second-order valence-electron chi connectivity index (χ2n) is 7.13. The van der Waals surface area contributed by atoms with Gasteiger partial charge in [-0.25, -0.2) is 13.8 Å². The molecule has 0 fully saturated rings. The van der Waals surface area contributed by atoms with E-state index in [1.54, 1.807) is 20.3 Å². The minimum Gasteiger partial charge on any atom is -0.493 e. The van der Waals surface area contributed by atoms with Crippen LogP contribution in [-0.4, -0.2) is 23.8 Å². The molecular formula is C22H23F2N3O2. The molecule has 0 spiro atoms. The third-order valence-electron chi connectivity index (χ3n) is 5.36. The number of fused-ring (bicyclic) bond motifs is 3. The molecule has 1 aromatic heterocycles. The summed E-state index contributed by atoms with van der Waals surface area (Å²) in [7, 11) is 3.25. The van der Waals surface area contributed by atoms with Crippen molar-refractivity contribution in [3.63, 3.8) is 0 Å². The zero-order chi connectivity index (χ0) is 20.5. The summed E-state index contributed by atoms with van der Waals surface area (Å²) in [6.45, 7) is 2.69. The zero-order valence-electron chi connectivity index (χ0n) is 16.6. The molecule has 29 heavy (non-hydrogen) atoms. The van der Waals surface area contributed by atoms with Gasteiger partial charge in [0.25, 0.3) is 0 Å². The monoisotopic (exact) mass is 399 g/mol. The van der Waals surface area contributed by atoms with Crippen molar-refractivity contribution in [2.45, 2.75) is 32.4 Å². The van der Waals surface area contributed by atoms with Crippen LogP contribution in [0.2, 0.25) is 0 Å². The highest BCUT2D eigenvalue weighted by atomic mass is 19.2. The van der Waals surface area contributed by atoms with Crippen molar-refractivity contribution < 1.29 is 18.3 Å². The molecule has 1 aliphatic rings. The summed E-state index contributed by atoms with van der Waals surface area (Å²) < 4.78 is 39.9. The Labute approximate surface area is 168 Å². The molecule has 2 heterocycles. The number of nitrogens with zero attached hydrogens (tertiary/aromatic N) is 2. The van der Waals surface area contributed by atoms with Crippen LogP contribution in [-0.2, 0) is 13.0 Å². The SMILES string of the molecule is COc1cc2c(cc1OC)-c1cnc(NC(C)c3ccc(F)c(F)c3)n1CCC2. The molecule has 2 aromatic carbocycles. The number of hydrogen-bond acceptors (Lipinski definition) is 4. The molecule has 7 heteroatoms. The minimum absolute atomic E-state index is 0.232. The average molecular weight is 399 g/mol. The smallest absolute Gasteiger partial charge is 0.203 e. The second-order valence-corrected chi connectivity index (χ2v) is 7.13. The Kier molecular flexibility index (Phi) is 5.13. The van der Waals surface area contributed by atoms with Crippen molar-refractivity contribution >= 4 is 5.95 Å². The fourth-order valence-electron chi connectivity index (χ4n) is 3.78. The second kappa shape index (κ2) is 7.73. The van der Waals surface area contributed by atoms with Crippen molar-refractivity contribution in [3.05, 3.63) is 59.3 Å². The first-order valence-corrected chi connectivity index (χ1v) is 9.54. The standard InChI is InChI=1S/C22H23F2N3O2/c1-13(14-6-7-17(23)18(24)9-14)26-22-25-12-19-16-11-21(29-3)20(28-2)10-15(16)5-4-8-27(19)22/h6-7,9-13H,4-5,8H2,1-3H3,(H,25,26). The maximum atomic E-state index is 13.6. The molecule has 1 unspecified atom stereocenters. The predicted molar refractivity (Wildman–Crippen MR) is 107 cm³/mol. The Bertz CT molecular complexity index is 1050. The van der Waals surface area contributed by atoms with Gasteiger partial charge in [0.05, 0.1) is 32.2 Å². The number of nitrogens with one attached hydrogen (secondary N) is 1. The van der Waals surface area contributed by atoms with Crippen LogP contribution in [0.15, 0.2) is 36.5 Å². The van der Waals surface area contributed by atoms with Gasteiger partial charge in [0.2, 0.25) is 5.95 Å². The van der Waals surface area contributed by atoms with E-state index in [9.17, 15) is 8.78 Å². The quantitative estimate of drug-likeness (QED) is 0.658. The zero-order valence-corrected chi connectivity index (χ0v) is 16.6. The molecule has 0 aliphatic carbocycles. The number of rotatable bonds is 5. The van der Waals surface area contributed by atoms with Gasteiger partial charge in [-0.15, -0.1) is 0 Å². The third-order valence-corrected chi connectivity index (χ3v) is 5.36. The maximum absolute atomic E-state index is 13.6. The molecule has 1 atom stereocenters. The lowest BCUT2D eigenvalue weighted by atomic mass is 10.0. The van der Waals surface area contributed by atoms with Gasteiger partial charge < -0.3 is 19.4 Å². The molecule has 3 aromatic rings. The van der Waals surface area contributed by atoms with Gasteiger partial charge in [-0.2, -0.15) is 0 Å². The first-order valence-electron chi connectivity index (χ1n) is 9.54. The summed E-state index contributed by atoms with van der Waals surface area (Å²) >= 11 is 0. The van der Waals surface area contributed by atoms with E-state index >= 15 is 0 Å². The molecule has 0 amide bonds. The normalized spacial score (nSPS) is 13.8. The van der Waals surface area contributed by atoms with E-state index in [2.05, 4.69) is 14.9 Å². The number of aromatic nitrogens is 2. The number of halogens is 2. The Morgan fingerprint density at radius 1 is 1.07 bits per heavy atom. The lowest BCUT2D eigenvalue weighted by Crippen LogP contribution is -2.13. The van der Waals surface area contributed by atoms with E-state index < -0.39 is 11.6 Å². The van der Waals surface area contributed by atoms with E-state index in [0.717, 1.165) is 36.7 Å². The van der Waals surface area contributed by atoms with Gasteiger partial charge >= 0.3 is 0 Å². The van der Waals surface area contributed by atoms with Gasteiger partial charge in [0.1, 0.15) is 0 Å². The fraction of sp³-hybridized carbons (Fsp3) is 0.318. The van der Waals surface area contributed by atoms with Crippen LogP contribution in [0.4, 0.5) is 14.7 Å². The van der Waals surface area contributed by atoms with Crippen molar-refractivity contribution in [1.29, 1.82) is 0 Å². The highest BCUT2D eigenvalue weighted by Gasteiger charge is 2.22. The van der Waals surface area contributed by atoms with E-state index in [1.165, 1.54) is 11.6 Å². The molecule has 5 nitrogen and oxygen atoms in total. The first kappa shape index (κ1) is 19.2. The molecule has 152 valence electrons. The highest BCUT2D eigenvalue weighted by molar-refractivity contribution is 5.70. The van der Waals surface area contributed by atoms with Gasteiger partial charge in [-0.3, -0.25) is 0 Å². The summed E-state index contributed by atoms with van der Waals surface area (Å²) in [5.74, 6) is 0.375. The average Bonchev–Trinajstić information content (AvgIpc) is 3.02. The number of aryl methyl sites for hydroxylation is 1. The number of hydrogen-bond donors (Lipinski definition) is 1. The number of methoxy groups -OCH3 is 2. The predicted octanol–water partition coefficient (Wildman–Crippen LogP) is 4.96. The molecule has 0 radical (unpaired) electrons. The van der Waals surface area contributed by atoms with Crippen LogP contribution in [0, 0.1) is 11.6 Å². The van der Waals surface area contributed by atoms with E-state index in [0.29, 0.717) is 23.0 Å². The Hall–Kier alpha value is -3.09. The lowest BCUT2D eigenvalue weighted by Gasteiger charge is -2.17. The maximum Gasteiger partial charge on any atom is 0.203 e. The van der Waals surface area contributed by atoms with E-state index in [-0.39, 0.29) is 6.04 Å². The van der Waals surface area contributed by atoms with Crippen molar-refractivity contribution in [1.82, 2.24) is 9.55 Å². The van der Waals surface area contributed by atoms with Gasteiger partial charge in [-0.1, -0.05) is 6.07 Å². The lowest BCUT2D eigenvalue weighted by molar-refractivity contribution is 0.354. The highest BCUT2D eigenvalue weighted by Crippen LogP contribution is 2.39. The van der Waals surface area contributed by atoms with Gasteiger partial charge in [0, 0.05) is 12.1 Å². The summed E-state index contributed by atoms with van der Waals surface area (Å²) in [6, 6.07) is 7.71. The number of benzene rings is 2. The van der Waals surface area contributed by atoms with Crippen LogP contribution in [0.25, 0.3) is 11.3 Å². The van der Waals surface area contributed by atoms with E-state index in [1.807, 2.05) is 25.3 Å². The van der Waals surface area contributed by atoms with Crippen LogP contribution >= 0.6 is 0 Å². The van der Waals surface area contributed by atoms with Gasteiger partial charge in [0.15, 0.2) is 23.1 Å². The van der Waals surface area contributed by atoms with Crippen molar-refractivity contribution in [3.8, 4) is 22.8 Å². The van der Waals surface area contributed by atoms with E-state index in [4.69, 9.17) is 9.47 Å². The van der Waals surface area contributed by atoms with Crippen molar-refractivity contribution in [2.24, 2.45) is 0 Å². The molecular weight excluding hydrogens is 376 g/mol.